The lowest BCUT2D eigenvalue weighted by Gasteiger charge is -2.32. The highest BCUT2D eigenvalue weighted by molar-refractivity contribution is 7.90. The number of hydrogen-bond acceptors (Lipinski definition) is 5. The number of ketones is 1. The lowest BCUT2D eigenvalue weighted by atomic mass is 9.73. The van der Waals surface area contributed by atoms with Crippen LogP contribution in [0, 0.1) is 11.8 Å². The van der Waals surface area contributed by atoms with Crippen molar-refractivity contribution in [1.29, 1.82) is 0 Å². The van der Waals surface area contributed by atoms with Crippen molar-refractivity contribution in [2.45, 2.75) is 63.9 Å². The van der Waals surface area contributed by atoms with E-state index in [2.05, 4.69) is 4.79 Å². The summed E-state index contributed by atoms with van der Waals surface area (Å²) in [6.45, 7) is 0.179. The number of Topliss-reactive ketones (excluding diaryl/α,β-unsaturated/α-hetero) is 1. The number of rotatable bonds is 6. The molecule has 26 heavy (non-hydrogen) atoms. The molecule has 0 amide bonds. The summed E-state index contributed by atoms with van der Waals surface area (Å²) >= 11 is 0. The molecule has 0 aliphatic heterocycles. The maximum Gasteiger partial charge on any atom is 0.359 e. The second kappa shape index (κ2) is 8.57. The first-order valence-corrected chi connectivity index (χ1v) is 10.9. The minimum absolute atomic E-state index is 0.0485. The average molecular weight is 382 g/mol. The van der Waals surface area contributed by atoms with E-state index in [1.54, 1.807) is 0 Å². The molecule has 2 fully saturated rings. The van der Waals surface area contributed by atoms with Gasteiger partial charge in [0.25, 0.3) is 10.1 Å². The Labute approximate surface area is 154 Å². The van der Waals surface area contributed by atoms with Crippen molar-refractivity contribution >= 4 is 21.6 Å². The number of fused-ring (bicyclic) bond motifs is 1. The van der Waals surface area contributed by atoms with Gasteiger partial charge in [0.2, 0.25) is 5.78 Å². The molecule has 0 aromatic rings. The maximum absolute atomic E-state index is 12.7. The molecule has 0 radical (unpaired) electrons. The molecular formula is C18H26N2O5S. The molecule has 7 nitrogen and oxygen atoms in total. The van der Waals surface area contributed by atoms with Crippen molar-refractivity contribution < 1.29 is 26.9 Å². The van der Waals surface area contributed by atoms with Gasteiger partial charge in [0.05, 0.1) is 24.2 Å². The van der Waals surface area contributed by atoms with Crippen LogP contribution in [0.2, 0.25) is 0 Å². The minimum Gasteiger partial charge on any atom is -0.376 e. The largest absolute Gasteiger partial charge is 0.376 e. The number of ether oxygens (including phenoxy) is 1. The highest BCUT2D eigenvalue weighted by Crippen LogP contribution is 2.41. The first-order valence-electron chi connectivity index (χ1n) is 9.52. The normalized spacial score (nSPS) is 27.6. The van der Waals surface area contributed by atoms with Crippen LogP contribution < -0.4 is 0 Å². The number of allylic oxidation sites excluding steroid dienone is 2. The fourth-order valence-corrected chi connectivity index (χ4v) is 5.61. The highest BCUT2D eigenvalue weighted by atomic mass is 32.2. The molecule has 144 valence electrons. The van der Waals surface area contributed by atoms with Crippen LogP contribution in [0.25, 0.3) is 5.53 Å². The molecular weight excluding hydrogens is 356 g/mol. The molecule has 8 heteroatoms. The average Bonchev–Trinajstić information content (AvgIpc) is 2.66. The molecule has 0 heterocycles. The number of carbonyl (C=O) groups is 1. The van der Waals surface area contributed by atoms with Crippen molar-refractivity contribution in [1.82, 2.24) is 0 Å². The highest BCUT2D eigenvalue weighted by Gasteiger charge is 2.46. The van der Waals surface area contributed by atoms with E-state index in [1.807, 2.05) is 0 Å². The SMILES string of the molecule is [N-]=[N+]=C1C=C(S(=O)(=O)OCCOC2CCCCC2)C2CCCCC2C1=O. The molecule has 0 aromatic heterocycles. The van der Waals surface area contributed by atoms with E-state index >= 15 is 0 Å². The Bertz CT molecular complexity index is 718. The molecule has 0 saturated heterocycles. The molecule has 0 spiro atoms. The molecule has 0 aromatic carbocycles. The summed E-state index contributed by atoms with van der Waals surface area (Å²) in [5.41, 5.74) is 8.86. The van der Waals surface area contributed by atoms with E-state index in [-0.39, 0.29) is 41.6 Å². The van der Waals surface area contributed by atoms with Gasteiger partial charge in [0.1, 0.15) is 0 Å². The van der Waals surface area contributed by atoms with E-state index in [0.717, 1.165) is 38.5 Å². The minimum atomic E-state index is -3.99. The summed E-state index contributed by atoms with van der Waals surface area (Å²) in [4.78, 5) is 15.4. The van der Waals surface area contributed by atoms with Gasteiger partial charge in [0, 0.05) is 17.9 Å². The van der Waals surface area contributed by atoms with Gasteiger partial charge in [-0.15, -0.1) is 0 Å². The Balaban J connectivity index is 1.64. The summed E-state index contributed by atoms with van der Waals surface area (Å²) in [5.74, 6) is -1.10. The Morgan fingerprint density at radius 2 is 1.65 bits per heavy atom. The second-order valence-corrected chi connectivity index (χ2v) is 8.92. The van der Waals surface area contributed by atoms with E-state index in [0.29, 0.717) is 12.8 Å². The Kier molecular flexibility index (Phi) is 6.40. The number of nitrogens with zero attached hydrogens (tertiary/aromatic N) is 2. The van der Waals surface area contributed by atoms with Crippen LogP contribution in [0.3, 0.4) is 0 Å². The van der Waals surface area contributed by atoms with Crippen molar-refractivity contribution in [3.63, 3.8) is 0 Å². The van der Waals surface area contributed by atoms with Gasteiger partial charge in [0.15, 0.2) is 0 Å². The molecule has 2 unspecified atom stereocenters. The fraction of sp³-hybridized carbons (Fsp3) is 0.778. The smallest absolute Gasteiger partial charge is 0.359 e. The Morgan fingerprint density at radius 1 is 1.00 bits per heavy atom. The number of carbonyl (C=O) groups excluding carboxylic acids is 1. The van der Waals surface area contributed by atoms with Crippen molar-refractivity contribution in [2.75, 3.05) is 13.2 Å². The van der Waals surface area contributed by atoms with Gasteiger partial charge in [-0.25, -0.2) is 0 Å². The molecule has 3 rings (SSSR count). The van der Waals surface area contributed by atoms with E-state index < -0.39 is 16.0 Å². The first kappa shape index (κ1) is 19.4. The third kappa shape index (κ3) is 4.31. The topological polar surface area (TPSA) is 106 Å². The van der Waals surface area contributed by atoms with E-state index in [4.69, 9.17) is 14.5 Å². The lowest BCUT2D eigenvalue weighted by Crippen LogP contribution is -2.39. The standard InChI is InChI=1S/C18H26N2O5S/c19-20-16-12-17(14-8-4-5-9-15(14)18(16)21)26(22,23)25-11-10-24-13-6-2-1-3-7-13/h12-15H,1-11H2. The van der Waals surface area contributed by atoms with Crippen LogP contribution in [-0.2, 0) is 23.8 Å². The molecule has 0 N–H and O–H groups in total. The molecule has 2 saturated carbocycles. The molecule has 0 bridgehead atoms. The van der Waals surface area contributed by atoms with Crippen molar-refractivity contribution in [3.8, 4) is 0 Å². The monoisotopic (exact) mass is 382 g/mol. The summed E-state index contributed by atoms with van der Waals surface area (Å²) in [5, 5.41) is 0. The Hall–Kier alpha value is -1.34. The van der Waals surface area contributed by atoms with Crippen LogP contribution in [0.5, 0.6) is 0 Å². The summed E-state index contributed by atoms with van der Waals surface area (Å²) < 4.78 is 36.2. The van der Waals surface area contributed by atoms with Gasteiger partial charge >= 0.3 is 5.71 Å². The van der Waals surface area contributed by atoms with Crippen LogP contribution in [-0.4, -0.2) is 44.0 Å². The first-order chi connectivity index (χ1) is 12.5. The maximum atomic E-state index is 12.7. The van der Waals surface area contributed by atoms with Crippen molar-refractivity contribution in [3.05, 3.63) is 16.5 Å². The third-order valence-corrected chi connectivity index (χ3v) is 7.10. The van der Waals surface area contributed by atoms with Gasteiger partial charge in [-0.2, -0.15) is 13.2 Å². The molecule has 3 aliphatic rings. The summed E-state index contributed by atoms with van der Waals surface area (Å²) in [6.07, 6.45) is 9.90. The predicted octanol–water partition coefficient (Wildman–Crippen LogP) is 2.63. The van der Waals surface area contributed by atoms with Crippen LogP contribution >= 0.6 is 0 Å². The zero-order chi connectivity index (χ0) is 18.6. The van der Waals surface area contributed by atoms with Crippen LogP contribution in [0.1, 0.15) is 57.8 Å². The van der Waals surface area contributed by atoms with Gasteiger partial charge < -0.3 is 10.3 Å². The Morgan fingerprint density at radius 3 is 2.35 bits per heavy atom. The lowest BCUT2D eigenvalue weighted by molar-refractivity contribution is -0.123. The predicted molar refractivity (Wildman–Crippen MR) is 94.9 cm³/mol. The van der Waals surface area contributed by atoms with Crippen LogP contribution in [0.4, 0.5) is 0 Å². The molecule has 3 aliphatic carbocycles. The van der Waals surface area contributed by atoms with Gasteiger partial charge in [-0.1, -0.05) is 32.1 Å². The number of hydrogen-bond donors (Lipinski definition) is 0. The van der Waals surface area contributed by atoms with Gasteiger partial charge in [-0.3, -0.25) is 8.98 Å². The fourth-order valence-electron chi connectivity index (χ4n) is 4.28. The zero-order valence-electron chi connectivity index (χ0n) is 14.9. The summed E-state index contributed by atoms with van der Waals surface area (Å²) in [7, 11) is -3.99. The summed E-state index contributed by atoms with van der Waals surface area (Å²) in [6, 6.07) is 0. The molecule has 2 atom stereocenters. The van der Waals surface area contributed by atoms with Crippen LogP contribution in [0.15, 0.2) is 11.0 Å². The second-order valence-electron chi connectivity index (χ2n) is 7.30. The third-order valence-electron chi connectivity index (χ3n) is 5.62. The van der Waals surface area contributed by atoms with Gasteiger partial charge in [-0.05, 0) is 25.7 Å². The van der Waals surface area contributed by atoms with E-state index in [9.17, 15) is 13.2 Å². The van der Waals surface area contributed by atoms with E-state index in [1.165, 1.54) is 12.5 Å². The van der Waals surface area contributed by atoms with Crippen molar-refractivity contribution in [2.24, 2.45) is 11.8 Å². The quantitative estimate of drug-likeness (QED) is 0.304. The zero-order valence-corrected chi connectivity index (χ0v) is 15.7.